The van der Waals surface area contributed by atoms with Crippen molar-refractivity contribution in [2.45, 2.75) is 64.1 Å². The van der Waals surface area contributed by atoms with E-state index in [-0.39, 0.29) is 29.8 Å². The molecule has 224 valence electrons. The molecule has 5 N–H and O–H groups in total. The third-order valence-electron chi connectivity index (χ3n) is 7.71. The minimum atomic E-state index is -0.415. The predicted octanol–water partition coefficient (Wildman–Crippen LogP) is 4.63. The van der Waals surface area contributed by atoms with Crippen LogP contribution in [0.1, 0.15) is 61.9 Å². The Balaban J connectivity index is 1.45. The molecular weight excluding hydrogens is 639 g/mol. The first-order valence-electron chi connectivity index (χ1n) is 14.9. The first kappa shape index (κ1) is 31.7. The van der Waals surface area contributed by atoms with Gasteiger partial charge in [-0.2, -0.15) is 0 Å². The Morgan fingerprint density at radius 1 is 1.12 bits per heavy atom. The number of guanidine groups is 1. The summed E-state index contributed by atoms with van der Waals surface area (Å²) in [6.45, 7) is 8.32. The highest BCUT2D eigenvalue weighted by Crippen LogP contribution is 2.23. The molecule has 2 amide bonds. The average Bonchev–Trinajstić information content (AvgIpc) is 3.12. The van der Waals surface area contributed by atoms with Crippen LogP contribution in [-0.4, -0.2) is 67.0 Å². The molecule has 0 bridgehead atoms. The molecule has 1 aliphatic rings. The molecule has 0 radical (unpaired) electrons. The predicted molar refractivity (Wildman–Crippen MR) is 180 cm³/mol. The van der Waals surface area contributed by atoms with Crippen molar-refractivity contribution in [1.29, 1.82) is 0 Å². The van der Waals surface area contributed by atoms with Gasteiger partial charge in [0.25, 0.3) is 5.91 Å². The van der Waals surface area contributed by atoms with Crippen molar-refractivity contribution in [3.63, 3.8) is 0 Å². The fraction of sp³-hybridized carbons (Fsp3) is 0.424. The number of nitrogens with zero attached hydrogens (tertiary/aromatic N) is 2. The maximum atomic E-state index is 13.8. The number of carbonyl (C=O) groups is 2. The van der Waals surface area contributed by atoms with Crippen LogP contribution in [0.2, 0.25) is 0 Å². The van der Waals surface area contributed by atoms with Gasteiger partial charge in [-0.1, -0.05) is 49.4 Å². The molecule has 3 atom stereocenters. The lowest BCUT2D eigenvalue weighted by Crippen LogP contribution is -2.49. The van der Waals surface area contributed by atoms with Crippen molar-refractivity contribution in [1.82, 2.24) is 20.9 Å². The summed E-state index contributed by atoms with van der Waals surface area (Å²) in [5.74, 6) is 0.598. The zero-order valence-electron chi connectivity index (χ0n) is 24.8. The molecular formula is C33H43IN6O2. The standard InChI is InChI=1S/C33H43IN6O2/c1-4-23(24-8-6-5-7-9-24)21-40-17-15-29(39-30(32(40)42)14-16-36-33(35)38-22(2)3)20-37-31(41)27-11-10-26-19-28(34)13-12-25(26)18-27/h5-13,18-19,22-23,29-30,39H,4,14-17,20-21H2,1-3H3,(H,37,41)(H3,35,36,38)/t23-,29+,30+/m1/s1. The van der Waals surface area contributed by atoms with E-state index in [0.717, 1.165) is 27.2 Å². The van der Waals surface area contributed by atoms with E-state index in [0.29, 0.717) is 44.1 Å². The molecule has 0 aliphatic carbocycles. The van der Waals surface area contributed by atoms with Crippen LogP contribution in [0.25, 0.3) is 10.8 Å². The van der Waals surface area contributed by atoms with Gasteiger partial charge in [0.15, 0.2) is 5.96 Å². The first-order valence-corrected chi connectivity index (χ1v) is 15.9. The third kappa shape index (κ3) is 8.91. The Hall–Kier alpha value is -3.18. The summed E-state index contributed by atoms with van der Waals surface area (Å²) >= 11 is 2.29. The number of aliphatic imine (C=N–C) groups is 1. The number of nitrogens with two attached hydrogens (primary N) is 1. The fourth-order valence-corrected chi connectivity index (χ4v) is 5.94. The third-order valence-corrected chi connectivity index (χ3v) is 8.38. The fourth-order valence-electron chi connectivity index (χ4n) is 5.42. The summed E-state index contributed by atoms with van der Waals surface area (Å²) < 4.78 is 1.16. The number of nitrogens with one attached hydrogen (secondary N) is 3. The van der Waals surface area contributed by atoms with Crippen LogP contribution in [0.5, 0.6) is 0 Å². The molecule has 4 rings (SSSR count). The largest absolute Gasteiger partial charge is 0.370 e. The van der Waals surface area contributed by atoms with E-state index in [4.69, 9.17) is 5.73 Å². The van der Waals surface area contributed by atoms with Gasteiger partial charge in [0.2, 0.25) is 5.91 Å². The number of hydrogen-bond donors (Lipinski definition) is 4. The number of fused-ring (bicyclic) bond motifs is 1. The lowest BCUT2D eigenvalue weighted by atomic mass is 9.95. The first-order chi connectivity index (χ1) is 20.2. The minimum absolute atomic E-state index is 0.0538. The van der Waals surface area contributed by atoms with Crippen molar-refractivity contribution in [3.8, 4) is 0 Å². The number of benzene rings is 3. The molecule has 1 heterocycles. The average molecular weight is 683 g/mol. The maximum absolute atomic E-state index is 13.8. The van der Waals surface area contributed by atoms with Crippen molar-refractivity contribution in [2.24, 2.45) is 10.7 Å². The molecule has 3 aromatic rings. The van der Waals surface area contributed by atoms with Gasteiger partial charge < -0.3 is 26.6 Å². The highest BCUT2D eigenvalue weighted by molar-refractivity contribution is 14.1. The zero-order chi connectivity index (χ0) is 30.1. The van der Waals surface area contributed by atoms with E-state index in [9.17, 15) is 9.59 Å². The van der Waals surface area contributed by atoms with Crippen molar-refractivity contribution < 1.29 is 9.59 Å². The Kier molecular flexibility index (Phi) is 11.6. The van der Waals surface area contributed by atoms with Crippen LogP contribution in [0, 0.1) is 3.57 Å². The second-order valence-electron chi connectivity index (χ2n) is 11.3. The number of amides is 2. The molecule has 0 unspecified atom stereocenters. The summed E-state index contributed by atoms with van der Waals surface area (Å²) in [5.41, 5.74) is 7.88. The Bertz CT molecular complexity index is 1380. The van der Waals surface area contributed by atoms with Crippen LogP contribution < -0.4 is 21.7 Å². The van der Waals surface area contributed by atoms with Gasteiger partial charge in [0, 0.05) is 53.3 Å². The Morgan fingerprint density at radius 2 is 1.86 bits per heavy atom. The number of rotatable bonds is 11. The SMILES string of the molecule is CC[C@H](CN1CC[C@@H](CNC(=O)c2ccc3cc(I)ccc3c2)N[C@@H](CCN=C(N)NC(C)C)C1=O)c1ccccc1. The van der Waals surface area contributed by atoms with Crippen LogP contribution in [-0.2, 0) is 4.79 Å². The second kappa shape index (κ2) is 15.3. The van der Waals surface area contributed by atoms with Crippen molar-refractivity contribution >= 4 is 51.1 Å². The van der Waals surface area contributed by atoms with Gasteiger partial charge >= 0.3 is 0 Å². The molecule has 0 spiro atoms. The van der Waals surface area contributed by atoms with Crippen LogP contribution in [0.15, 0.2) is 71.7 Å². The van der Waals surface area contributed by atoms with Crippen LogP contribution in [0.3, 0.4) is 0 Å². The Labute approximate surface area is 263 Å². The summed E-state index contributed by atoms with van der Waals surface area (Å²) in [7, 11) is 0. The number of hydrogen-bond acceptors (Lipinski definition) is 4. The normalized spacial score (nSPS) is 18.6. The maximum Gasteiger partial charge on any atom is 0.251 e. The van der Waals surface area contributed by atoms with Crippen molar-refractivity contribution in [3.05, 3.63) is 81.4 Å². The summed E-state index contributed by atoms with van der Waals surface area (Å²) in [6, 6.07) is 22.1. The van der Waals surface area contributed by atoms with E-state index in [2.05, 4.69) is 80.8 Å². The number of halogens is 1. The van der Waals surface area contributed by atoms with Gasteiger partial charge in [-0.05, 0) is 96.3 Å². The van der Waals surface area contributed by atoms with E-state index < -0.39 is 6.04 Å². The Morgan fingerprint density at radius 3 is 2.60 bits per heavy atom. The highest BCUT2D eigenvalue weighted by atomic mass is 127. The molecule has 9 heteroatoms. The molecule has 0 aromatic heterocycles. The summed E-state index contributed by atoms with van der Waals surface area (Å²) in [6.07, 6.45) is 2.20. The molecule has 42 heavy (non-hydrogen) atoms. The monoisotopic (exact) mass is 682 g/mol. The number of carbonyl (C=O) groups excluding carboxylic acids is 2. The zero-order valence-corrected chi connectivity index (χ0v) is 26.9. The second-order valence-corrected chi connectivity index (χ2v) is 12.5. The van der Waals surface area contributed by atoms with Gasteiger partial charge in [-0.3, -0.25) is 14.6 Å². The van der Waals surface area contributed by atoms with E-state index in [1.807, 2.05) is 55.1 Å². The molecule has 3 aromatic carbocycles. The molecule has 1 aliphatic heterocycles. The van der Waals surface area contributed by atoms with Gasteiger partial charge in [0.05, 0.1) is 6.04 Å². The lowest BCUT2D eigenvalue weighted by Gasteiger charge is -2.28. The van der Waals surface area contributed by atoms with Gasteiger partial charge in [-0.25, -0.2) is 0 Å². The summed E-state index contributed by atoms with van der Waals surface area (Å²) in [5, 5.41) is 11.9. The van der Waals surface area contributed by atoms with Crippen LogP contribution >= 0.6 is 22.6 Å². The quantitative estimate of drug-likeness (QED) is 0.134. The minimum Gasteiger partial charge on any atom is -0.370 e. The molecule has 1 saturated heterocycles. The van der Waals surface area contributed by atoms with E-state index in [1.165, 1.54) is 5.56 Å². The summed E-state index contributed by atoms with van der Waals surface area (Å²) in [4.78, 5) is 33.4. The van der Waals surface area contributed by atoms with Gasteiger partial charge in [-0.15, -0.1) is 0 Å². The molecule has 1 fully saturated rings. The molecule has 0 saturated carbocycles. The molecule has 8 nitrogen and oxygen atoms in total. The van der Waals surface area contributed by atoms with Gasteiger partial charge in [0.1, 0.15) is 0 Å². The van der Waals surface area contributed by atoms with Crippen LogP contribution in [0.4, 0.5) is 0 Å². The van der Waals surface area contributed by atoms with E-state index in [1.54, 1.807) is 0 Å². The highest BCUT2D eigenvalue weighted by Gasteiger charge is 2.32. The lowest BCUT2D eigenvalue weighted by molar-refractivity contribution is -0.133. The smallest absolute Gasteiger partial charge is 0.251 e. The van der Waals surface area contributed by atoms with Crippen molar-refractivity contribution in [2.75, 3.05) is 26.2 Å². The van der Waals surface area contributed by atoms with E-state index >= 15 is 0 Å². The topological polar surface area (TPSA) is 112 Å².